The van der Waals surface area contributed by atoms with Crippen molar-refractivity contribution in [2.45, 2.75) is 34.1 Å². The van der Waals surface area contributed by atoms with Gasteiger partial charge < -0.3 is 0 Å². The van der Waals surface area contributed by atoms with Gasteiger partial charge >= 0.3 is 0 Å². The number of allylic oxidation sites excluding steroid dienone is 1. The SMILES string of the molecule is CCC(C)C=NC(N=CN(C=O)CC(=O)NN)=C(C)C. The van der Waals surface area contributed by atoms with Gasteiger partial charge in [0, 0.05) is 6.21 Å². The van der Waals surface area contributed by atoms with Crippen molar-refractivity contribution >= 4 is 24.9 Å². The second-order valence-corrected chi connectivity index (χ2v) is 4.58. The Balaban J connectivity index is 4.86. The average molecular weight is 281 g/mol. The van der Waals surface area contributed by atoms with Crippen molar-refractivity contribution in [3.05, 3.63) is 11.4 Å². The van der Waals surface area contributed by atoms with Crippen LogP contribution in [-0.2, 0) is 9.59 Å². The second-order valence-electron chi connectivity index (χ2n) is 4.58. The summed E-state index contributed by atoms with van der Waals surface area (Å²) >= 11 is 0. The van der Waals surface area contributed by atoms with Crippen molar-refractivity contribution in [1.82, 2.24) is 10.3 Å². The van der Waals surface area contributed by atoms with Gasteiger partial charge in [0.15, 0.2) is 5.82 Å². The lowest BCUT2D eigenvalue weighted by Gasteiger charge is -2.09. The van der Waals surface area contributed by atoms with Gasteiger partial charge in [0.05, 0.1) is 6.34 Å². The zero-order chi connectivity index (χ0) is 15.5. The maximum absolute atomic E-state index is 11.1. The van der Waals surface area contributed by atoms with Crippen LogP contribution in [0.3, 0.4) is 0 Å². The fourth-order valence-corrected chi connectivity index (χ4v) is 1.04. The number of hydrogen-bond donors (Lipinski definition) is 2. The first-order chi connectivity index (χ1) is 9.44. The summed E-state index contributed by atoms with van der Waals surface area (Å²) in [5.41, 5.74) is 2.86. The molecule has 0 heterocycles. The molecule has 0 radical (unpaired) electrons. The van der Waals surface area contributed by atoms with Crippen LogP contribution in [0, 0.1) is 5.92 Å². The lowest BCUT2D eigenvalue weighted by atomic mass is 10.1. The first-order valence-electron chi connectivity index (χ1n) is 6.40. The summed E-state index contributed by atoms with van der Waals surface area (Å²) in [7, 11) is 0. The summed E-state index contributed by atoms with van der Waals surface area (Å²) in [5, 5.41) is 0. The van der Waals surface area contributed by atoms with E-state index in [2.05, 4.69) is 23.8 Å². The molecular weight excluding hydrogens is 258 g/mol. The summed E-state index contributed by atoms with van der Waals surface area (Å²) in [6, 6.07) is 0. The molecule has 1 atom stereocenters. The van der Waals surface area contributed by atoms with Gasteiger partial charge in [-0.05, 0) is 31.8 Å². The summed E-state index contributed by atoms with van der Waals surface area (Å²) in [5.74, 6) is 5.35. The Morgan fingerprint density at radius 1 is 1.40 bits per heavy atom. The molecular formula is C13H23N5O2. The topological polar surface area (TPSA) is 100 Å². The Bertz CT molecular complexity index is 411. The molecule has 0 aliphatic heterocycles. The maximum Gasteiger partial charge on any atom is 0.253 e. The summed E-state index contributed by atoms with van der Waals surface area (Å²) in [6.07, 6.45) is 4.57. The van der Waals surface area contributed by atoms with Crippen LogP contribution in [0.1, 0.15) is 34.1 Å². The van der Waals surface area contributed by atoms with Crippen LogP contribution in [0.2, 0.25) is 0 Å². The molecule has 0 saturated carbocycles. The number of rotatable bonds is 8. The summed E-state index contributed by atoms with van der Waals surface area (Å²) in [6.45, 7) is 7.69. The third-order valence-electron chi connectivity index (χ3n) is 2.49. The van der Waals surface area contributed by atoms with Crippen LogP contribution in [0.15, 0.2) is 21.4 Å². The monoisotopic (exact) mass is 281 g/mol. The minimum Gasteiger partial charge on any atom is -0.296 e. The Kier molecular flexibility index (Phi) is 8.86. The second kappa shape index (κ2) is 9.85. The fourth-order valence-electron chi connectivity index (χ4n) is 1.04. The van der Waals surface area contributed by atoms with Crippen LogP contribution >= 0.6 is 0 Å². The van der Waals surface area contributed by atoms with Crippen molar-refractivity contribution in [3.8, 4) is 0 Å². The molecule has 0 spiro atoms. The van der Waals surface area contributed by atoms with Crippen LogP contribution in [0.4, 0.5) is 0 Å². The molecule has 0 rings (SSSR count). The number of nitrogens with zero attached hydrogens (tertiary/aromatic N) is 3. The van der Waals surface area contributed by atoms with E-state index in [-0.39, 0.29) is 6.54 Å². The van der Waals surface area contributed by atoms with E-state index in [0.717, 1.165) is 16.9 Å². The number of nitrogens with one attached hydrogen (secondary N) is 1. The Morgan fingerprint density at radius 2 is 2.05 bits per heavy atom. The van der Waals surface area contributed by atoms with Crippen LogP contribution in [-0.4, -0.2) is 36.3 Å². The van der Waals surface area contributed by atoms with Crippen molar-refractivity contribution in [3.63, 3.8) is 0 Å². The van der Waals surface area contributed by atoms with Gasteiger partial charge in [-0.3, -0.25) is 19.9 Å². The smallest absolute Gasteiger partial charge is 0.253 e. The number of carbonyl (C=O) groups excluding carboxylic acids is 2. The van der Waals surface area contributed by atoms with Gasteiger partial charge in [0.25, 0.3) is 5.91 Å². The predicted molar refractivity (Wildman–Crippen MR) is 79.9 cm³/mol. The third kappa shape index (κ3) is 7.42. The van der Waals surface area contributed by atoms with E-state index in [4.69, 9.17) is 5.84 Å². The highest BCUT2D eigenvalue weighted by Gasteiger charge is 2.05. The quantitative estimate of drug-likeness (QED) is 0.172. The van der Waals surface area contributed by atoms with E-state index in [9.17, 15) is 9.59 Å². The lowest BCUT2D eigenvalue weighted by molar-refractivity contribution is -0.125. The van der Waals surface area contributed by atoms with Crippen LogP contribution in [0.25, 0.3) is 0 Å². The molecule has 0 aliphatic carbocycles. The zero-order valence-corrected chi connectivity index (χ0v) is 12.5. The predicted octanol–water partition coefficient (Wildman–Crippen LogP) is 0.831. The van der Waals surface area contributed by atoms with E-state index in [1.165, 1.54) is 6.34 Å². The number of hydrogen-bond acceptors (Lipinski definition) is 5. The fraction of sp³-hybridized carbons (Fsp3) is 0.538. The molecule has 2 amide bonds. The van der Waals surface area contributed by atoms with Crippen molar-refractivity contribution in [1.29, 1.82) is 0 Å². The summed E-state index contributed by atoms with van der Waals surface area (Å²) < 4.78 is 0. The minimum absolute atomic E-state index is 0.186. The lowest BCUT2D eigenvalue weighted by Crippen LogP contribution is -2.39. The largest absolute Gasteiger partial charge is 0.296 e. The molecule has 0 aromatic carbocycles. The number of nitrogens with two attached hydrogens (primary N) is 1. The Hall–Kier alpha value is -2.02. The molecule has 0 aliphatic rings. The van der Waals surface area contributed by atoms with E-state index in [1.807, 2.05) is 25.5 Å². The van der Waals surface area contributed by atoms with Crippen molar-refractivity contribution in [2.24, 2.45) is 21.7 Å². The minimum atomic E-state index is -0.481. The Labute approximate surface area is 119 Å². The molecule has 0 aromatic rings. The molecule has 1 unspecified atom stereocenters. The van der Waals surface area contributed by atoms with E-state index in [1.54, 1.807) is 0 Å². The molecule has 112 valence electrons. The first kappa shape index (κ1) is 18.0. The molecule has 0 saturated heterocycles. The maximum atomic E-state index is 11.1. The van der Waals surface area contributed by atoms with Gasteiger partial charge in [-0.25, -0.2) is 15.8 Å². The first-order valence-corrected chi connectivity index (χ1v) is 6.40. The van der Waals surface area contributed by atoms with Gasteiger partial charge in [-0.2, -0.15) is 0 Å². The highest BCUT2D eigenvalue weighted by molar-refractivity contribution is 5.85. The molecule has 7 nitrogen and oxygen atoms in total. The molecule has 0 aromatic heterocycles. The number of hydrazine groups is 1. The highest BCUT2D eigenvalue weighted by Crippen LogP contribution is 2.07. The molecule has 20 heavy (non-hydrogen) atoms. The van der Waals surface area contributed by atoms with Crippen LogP contribution < -0.4 is 11.3 Å². The average Bonchev–Trinajstić information content (AvgIpc) is 2.44. The van der Waals surface area contributed by atoms with Gasteiger partial charge in [-0.1, -0.05) is 13.8 Å². The van der Waals surface area contributed by atoms with Crippen molar-refractivity contribution in [2.75, 3.05) is 6.54 Å². The standard InChI is InChI=1S/C13H23N5O2/c1-5-11(4)6-15-13(10(2)3)16-8-18(9-19)7-12(20)17-14/h6,8-9,11H,5,7,14H2,1-4H3,(H,17,20). The Morgan fingerprint density at radius 3 is 2.50 bits per heavy atom. The molecule has 0 fully saturated rings. The molecule has 3 N–H and O–H groups in total. The molecule has 7 heteroatoms. The summed E-state index contributed by atoms with van der Waals surface area (Å²) in [4.78, 5) is 31.4. The van der Waals surface area contributed by atoms with Gasteiger partial charge in [0.1, 0.15) is 6.54 Å². The zero-order valence-electron chi connectivity index (χ0n) is 12.5. The molecule has 0 bridgehead atoms. The van der Waals surface area contributed by atoms with Crippen molar-refractivity contribution < 1.29 is 9.59 Å². The third-order valence-corrected chi connectivity index (χ3v) is 2.49. The van der Waals surface area contributed by atoms with Gasteiger partial charge in [0.2, 0.25) is 6.41 Å². The number of carbonyl (C=O) groups is 2. The number of amides is 2. The normalized spacial score (nSPS) is 12.4. The van der Waals surface area contributed by atoms with E-state index >= 15 is 0 Å². The van der Waals surface area contributed by atoms with E-state index in [0.29, 0.717) is 18.1 Å². The highest BCUT2D eigenvalue weighted by atomic mass is 16.2. The van der Waals surface area contributed by atoms with Gasteiger partial charge in [-0.15, -0.1) is 0 Å². The van der Waals surface area contributed by atoms with Crippen LogP contribution in [0.5, 0.6) is 0 Å². The van der Waals surface area contributed by atoms with E-state index < -0.39 is 5.91 Å². The number of aliphatic imine (C=N–C) groups is 2.